The molecule has 2 N–H and O–H groups in total. The van der Waals surface area contributed by atoms with Crippen LogP contribution in [0, 0.1) is 11.6 Å². The minimum absolute atomic E-state index is 0.0102. The number of nitrogens with one attached hydrogen (secondary N) is 2. The lowest BCUT2D eigenvalue weighted by atomic mass is 10.1. The number of halogens is 2. The van der Waals surface area contributed by atoms with E-state index in [9.17, 15) is 28.0 Å². The van der Waals surface area contributed by atoms with E-state index in [0.717, 1.165) is 19.2 Å². The first-order chi connectivity index (χ1) is 21.5. The maximum Gasteiger partial charge on any atom is 0.407 e. The van der Waals surface area contributed by atoms with Crippen molar-refractivity contribution in [3.63, 3.8) is 0 Å². The summed E-state index contributed by atoms with van der Waals surface area (Å²) in [7, 11) is 4.38. The Labute approximate surface area is 261 Å². The molecule has 0 aliphatic heterocycles. The van der Waals surface area contributed by atoms with E-state index in [-0.39, 0.29) is 36.7 Å². The lowest BCUT2D eigenvalue weighted by Gasteiger charge is -2.17. The Kier molecular flexibility index (Phi) is 11.0. The number of benzene rings is 2. The minimum atomic E-state index is -1.05. The topological polar surface area (TPSA) is 132 Å². The molecule has 0 fully saturated rings. The van der Waals surface area contributed by atoms with Crippen molar-refractivity contribution in [2.45, 2.75) is 32.0 Å². The molecule has 11 nitrogen and oxygen atoms in total. The number of hydrogen-bond acceptors (Lipinski definition) is 8. The largest absolute Gasteiger partial charge is 0.487 e. The summed E-state index contributed by atoms with van der Waals surface area (Å²) in [6.45, 7) is -0.0293. The first-order valence-corrected chi connectivity index (χ1v) is 14.5. The predicted octanol–water partition coefficient (Wildman–Crippen LogP) is 4.45. The molecule has 3 amide bonds. The van der Waals surface area contributed by atoms with Gasteiger partial charge in [-0.3, -0.25) is 14.4 Å². The Bertz CT molecular complexity index is 1790. The summed E-state index contributed by atoms with van der Waals surface area (Å²) in [5, 5.41) is 5.60. The summed E-state index contributed by atoms with van der Waals surface area (Å²) in [5.74, 6) is -1.79. The summed E-state index contributed by atoms with van der Waals surface area (Å²) < 4.78 is 39.8. The quantitative estimate of drug-likeness (QED) is 0.219. The van der Waals surface area contributed by atoms with Gasteiger partial charge in [0.15, 0.2) is 0 Å². The molecule has 0 bridgehead atoms. The lowest BCUT2D eigenvalue weighted by molar-refractivity contribution is -0.123. The molecular formula is C31H31F2N5O6S. The number of ether oxygens (including phenoxy) is 2. The van der Waals surface area contributed by atoms with Gasteiger partial charge in [0.25, 0.3) is 5.56 Å². The molecule has 1 atom stereocenters. The van der Waals surface area contributed by atoms with Crippen molar-refractivity contribution in [1.82, 2.24) is 19.8 Å². The molecule has 236 valence electrons. The van der Waals surface area contributed by atoms with Crippen molar-refractivity contribution >= 4 is 45.1 Å². The number of thiazole rings is 1. The second kappa shape index (κ2) is 15.1. The number of allylic oxidation sites excluding steroid dienone is 1. The van der Waals surface area contributed by atoms with Crippen molar-refractivity contribution in [3.8, 4) is 5.75 Å². The SMILES string of the molecule is COC(=O)NC(CC/C=C/C(=O)N(C)C)C(=O)Nc1cccn(Cc2nc3cccc(OCc4ccc(F)cc4F)c3s2)c1=O. The molecule has 2 aromatic heterocycles. The first-order valence-electron chi connectivity index (χ1n) is 13.7. The van der Waals surface area contributed by atoms with Gasteiger partial charge < -0.3 is 29.6 Å². The Balaban J connectivity index is 1.47. The molecule has 0 saturated heterocycles. The molecular weight excluding hydrogens is 608 g/mol. The molecule has 2 aromatic carbocycles. The highest BCUT2D eigenvalue weighted by Crippen LogP contribution is 2.32. The fourth-order valence-electron chi connectivity index (χ4n) is 4.13. The fourth-order valence-corrected chi connectivity index (χ4v) is 5.16. The van der Waals surface area contributed by atoms with Gasteiger partial charge in [0.1, 0.15) is 40.7 Å². The van der Waals surface area contributed by atoms with E-state index in [1.165, 1.54) is 39.0 Å². The van der Waals surface area contributed by atoms with Crippen LogP contribution < -0.4 is 20.9 Å². The van der Waals surface area contributed by atoms with Crippen LogP contribution in [0.25, 0.3) is 10.2 Å². The maximum atomic E-state index is 14.1. The third-order valence-electron chi connectivity index (χ3n) is 6.52. The van der Waals surface area contributed by atoms with E-state index >= 15 is 0 Å². The van der Waals surface area contributed by atoms with Crippen molar-refractivity contribution in [2.75, 3.05) is 26.5 Å². The molecule has 0 aliphatic carbocycles. The van der Waals surface area contributed by atoms with Crippen LogP contribution in [-0.2, 0) is 27.5 Å². The number of alkyl carbamates (subject to hydrolysis) is 1. The Morgan fingerprint density at radius 3 is 2.67 bits per heavy atom. The van der Waals surface area contributed by atoms with Gasteiger partial charge in [-0.15, -0.1) is 11.3 Å². The number of anilines is 1. The number of fused-ring (bicyclic) bond motifs is 1. The van der Waals surface area contributed by atoms with E-state index in [1.54, 1.807) is 50.6 Å². The maximum absolute atomic E-state index is 14.1. The van der Waals surface area contributed by atoms with Crippen molar-refractivity contribution < 1.29 is 32.6 Å². The molecule has 4 rings (SSSR count). The zero-order valence-corrected chi connectivity index (χ0v) is 25.5. The standard InChI is InChI=1S/C31H31F2N5O6S/c1-37(2)27(39)12-5-4-8-23(36-31(42)43-3)29(40)35-24-10-7-15-38(30(24)41)17-26-34-22-9-6-11-25(28(22)45-26)44-18-19-13-14-20(32)16-21(19)33/h5-7,9-16,23H,4,8,17-18H2,1-3H3,(H,35,40)(H,36,42)/b12-5+. The first kappa shape index (κ1) is 32.8. The minimum Gasteiger partial charge on any atom is -0.487 e. The fraction of sp³-hybridized carbons (Fsp3) is 0.258. The molecule has 0 spiro atoms. The molecule has 45 heavy (non-hydrogen) atoms. The van der Waals surface area contributed by atoms with E-state index < -0.39 is 35.2 Å². The van der Waals surface area contributed by atoms with Gasteiger partial charge in [-0.1, -0.05) is 12.1 Å². The van der Waals surface area contributed by atoms with E-state index in [2.05, 4.69) is 20.4 Å². The highest BCUT2D eigenvalue weighted by atomic mass is 32.1. The summed E-state index contributed by atoms with van der Waals surface area (Å²) in [4.78, 5) is 56.0. The van der Waals surface area contributed by atoms with Crippen LogP contribution in [0.2, 0.25) is 0 Å². The van der Waals surface area contributed by atoms with Crippen LogP contribution in [0.15, 0.2) is 71.7 Å². The molecule has 0 aliphatic rings. The van der Waals surface area contributed by atoms with Gasteiger partial charge in [-0.05, 0) is 55.3 Å². The Hall–Kier alpha value is -5.11. The van der Waals surface area contributed by atoms with Crippen molar-refractivity contribution in [3.05, 3.63) is 99.4 Å². The molecule has 14 heteroatoms. The van der Waals surface area contributed by atoms with Crippen LogP contribution in [-0.4, -0.2) is 59.6 Å². The molecule has 0 radical (unpaired) electrons. The van der Waals surface area contributed by atoms with E-state index in [0.29, 0.717) is 27.4 Å². The predicted molar refractivity (Wildman–Crippen MR) is 165 cm³/mol. The highest BCUT2D eigenvalue weighted by molar-refractivity contribution is 7.19. The second-order valence-electron chi connectivity index (χ2n) is 9.98. The highest BCUT2D eigenvalue weighted by Gasteiger charge is 2.22. The number of nitrogens with zero attached hydrogens (tertiary/aromatic N) is 3. The average molecular weight is 640 g/mol. The van der Waals surface area contributed by atoms with Crippen LogP contribution in [0.1, 0.15) is 23.4 Å². The third kappa shape index (κ3) is 8.72. The number of carbonyl (C=O) groups excluding carboxylic acids is 3. The summed E-state index contributed by atoms with van der Waals surface area (Å²) in [6.07, 6.45) is 4.12. The Morgan fingerprint density at radius 2 is 1.93 bits per heavy atom. The number of likely N-dealkylation sites (N-methyl/N-ethyl adjacent to an activating group) is 1. The third-order valence-corrected chi connectivity index (χ3v) is 7.59. The number of amides is 3. The number of rotatable bonds is 12. The van der Waals surface area contributed by atoms with Gasteiger partial charge in [0.2, 0.25) is 11.8 Å². The van der Waals surface area contributed by atoms with Crippen molar-refractivity contribution in [1.29, 1.82) is 0 Å². The normalized spacial score (nSPS) is 11.8. The molecule has 4 aromatic rings. The van der Waals surface area contributed by atoms with Crippen LogP contribution in [0.5, 0.6) is 5.75 Å². The van der Waals surface area contributed by atoms with Crippen LogP contribution >= 0.6 is 11.3 Å². The number of aromatic nitrogens is 2. The summed E-state index contributed by atoms with van der Waals surface area (Å²) in [6, 6.07) is 10.5. The monoisotopic (exact) mass is 639 g/mol. The molecule has 2 heterocycles. The van der Waals surface area contributed by atoms with Gasteiger partial charge in [-0.2, -0.15) is 0 Å². The van der Waals surface area contributed by atoms with Crippen LogP contribution in [0.4, 0.5) is 19.3 Å². The molecule has 0 saturated carbocycles. The van der Waals surface area contributed by atoms with Gasteiger partial charge in [0, 0.05) is 31.9 Å². The number of methoxy groups -OCH3 is 1. The smallest absolute Gasteiger partial charge is 0.407 e. The van der Waals surface area contributed by atoms with E-state index in [1.807, 2.05) is 0 Å². The summed E-state index contributed by atoms with van der Waals surface area (Å²) >= 11 is 1.29. The molecule has 1 unspecified atom stereocenters. The second-order valence-corrected chi connectivity index (χ2v) is 11.1. The zero-order valence-electron chi connectivity index (χ0n) is 24.7. The van der Waals surface area contributed by atoms with Gasteiger partial charge in [0.05, 0.1) is 23.9 Å². The van der Waals surface area contributed by atoms with Crippen LogP contribution in [0.3, 0.4) is 0 Å². The average Bonchev–Trinajstić information content (AvgIpc) is 3.43. The Morgan fingerprint density at radius 1 is 1.13 bits per heavy atom. The van der Waals surface area contributed by atoms with Gasteiger partial charge in [-0.25, -0.2) is 18.6 Å². The zero-order chi connectivity index (χ0) is 32.5. The number of hydrogen-bond donors (Lipinski definition) is 2. The van der Waals surface area contributed by atoms with Gasteiger partial charge >= 0.3 is 6.09 Å². The number of carbonyl (C=O) groups is 3. The number of pyridine rings is 1. The van der Waals surface area contributed by atoms with Crippen molar-refractivity contribution in [2.24, 2.45) is 0 Å². The summed E-state index contributed by atoms with van der Waals surface area (Å²) in [5.41, 5.74) is 0.303. The lowest BCUT2D eigenvalue weighted by Crippen LogP contribution is -2.44. The van der Waals surface area contributed by atoms with E-state index in [4.69, 9.17) is 4.74 Å².